The van der Waals surface area contributed by atoms with Crippen LogP contribution in [0, 0.1) is 0 Å². The Kier molecular flexibility index (Phi) is 5.52. The predicted molar refractivity (Wildman–Crippen MR) is 83.5 cm³/mol. The summed E-state index contributed by atoms with van der Waals surface area (Å²) in [6.45, 7) is 11.1. The van der Waals surface area contributed by atoms with Crippen LogP contribution in [0.5, 0.6) is 0 Å². The van der Waals surface area contributed by atoms with E-state index in [-0.39, 0.29) is 6.04 Å². The minimum atomic E-state index is 0.171. The molecule has 0 amide bonds. The van der Waals surface area contributed by atoms with Crippen LogP contribution < -0.4 is 5.73 Å². The number of rotatable bonds is 5. The highest BCUT2D eigenvalue weighted by molar-refractivity contribution is 5.16. The Hall–Kier alpha value is -0.970. The molecule has 0 aromatic carbocycles. The normalized spacial score (nSPS) is 21.1. The van der Waals surface area contributed by atoms with Crippen molar-refractivity contribution >= 4 is 0 Å². The van der Waals surface area contributed by atoms with Crippen molar-refractivity contribution < 1.29 is 0 Å². The maximum atomic E-state index is 6.39. The lowest BCUT2D eigenvalue weighted by Gasteiger charge is -2.42. The van der Waals surface area contributed by atoms with Gasteiger partial charge in [0.1, 0.15) is 0 Å². The first kappa shape index (κ1) is 15.4. The fourth-order valence-electron chi connectivity index (χ4n) is 3.03. The van der Waals surface area contributed by atoms with E-state index in [1.165, 1.54) is 5.56 Å². The van der Waals surface area contributed by atoms with Gasteiger partial charge in [-0.15, -0.1) is 0 Å². The second-order valence-corrected chi connectivity index (χ2v) is 5.97. The molecule has 112 valence electrons. The smallest absolute Gasteiger partial charge is 0.0515 e. The number of aromatic nitrogens is 1. The molecule has 0 bridgehead atoms. The van der Waals surface area contributed by atoms with Gasteiger partial charge in [0.05, 0.1) is 6.04 Å². The first-order valence-corrected chi connectivity index (χ1v) is 7.77. The van der Waals surface area contributed by atoms with Gasteiger partial charge in [0.2, 0.25) is 0 Å². The third kappa shape index (κ3) is 3.57. The van der Waals surface area contributed by atoms with E-state index >= 15 is 0 Å². The van der Waals surface area contributed by atoms with Crippen molar-refractivity contribution in [1.82, 2.24) is 14.8 Å². The molecule has 1 saturated heterocycles. The van der Waals surface area contributed by atoms with E-state index in [1.54, 1.807) is 0 Å². The van der Waals surface area contributed by atoms with Crippen molar-refractivity contribution in [2.75, 3.05) is 26.2 Å². The quantitative estimate of drug-likeness (QED) is 0.892. The number of nitrogens with zero attached hydrogens (tertiary/aromatic N) is 3. The Balaban J connectivity index is 2.09. The topological polar surface area (TPSA) is 45.4 Å². The van der Waals surface area contributed by atoms with E-state index in [0.29, 0.717) is 12.1 Å². The van der Waals surface area contributed by atoms with Crippen molar-refractivity contribution in [2.24, 2.45) is 5.73 Å². The second-order valence-electron chi connectivity index (χ2n) is 5.97. The average molecular weight is 276 g/mol. The number of pyridine rings is 1. The van der Waals surface area contributed by atoms with E-state index < -0.39 is 0 Å². The molecule has 0 aliphatic carbocycles. The molecule has 2 atom stereocenters. The molecule has 0 spiro atoms. The van der Waals surface area contributed by atoms with Crippen LogP contribution in [-0.4, -0.2) is 53.0 Å². The number of hydrogen-bond donors (Lipinski definition) is 1. The van der Waals surface area contributed by atoms with Gasteiger partial charge >= 0.3 is 0 Å². The van der Waals surface area contributed by atoms with Crippen LogP contribution in [0.2, 0.25) is 0 Å². The van der Waals surface area contributed by atoms with Crippen LogP contribution in [-0.2, 0) is 0 Å². The number of nitrogens with two attached hydrogens (primary N) is 1. The SMILES string of the molecule is CCC(N)C(c1cccnc1)N1CCN(C(C)C)CC1. The zero-order valence-corrected chi connectivity index (χ0v) is 13.0. The van der Waals surface area contributed by atoms with Crippen LogP contribution in [0.1, 0.15) is 38.8 Å². The molecule has 2 rings (SSSR count). The Morgan fingerprint density at radius 1 is 1.20 bits per heavy atom. The van der Waals surface area contributed by atoms with Gasteiger partial charge in [0.15, 0.2) is 0 Å². The molecule has 0 saturated carbocycles. The van der Waals surface area contributed by atoms with E-state index in [1.807, 2.05) is 18.5 Å². The third-order valence-corrected chi connectivity index (χ3v) is 4.38. The molecule has 1 aliphatic heterocycles. The summed E-state index contributed by atoms with van der Waals surface area (Å²) in [5.74, 6) is 0. The Morgan fingerprint density at radius 2 is 1.85 bits per heavy atom. The summed E-state index contributed by atoms with van der Waals surface area (Å²) in [7, 11) is 0. The Morgan fingerprint density at radius 3 is 2.35 bits per heavy atom. The highest BCUT2D eigenvalue weighted by Gasteiger charge is 2.29. The highest BCUT2D eigenvalue weighted by atomic mass is 15.3. The molecule has 1 fully saturated rings. The average Bonchev–Trinajstić information content (AvgIpc) is 2.49. The molecule has 0 radical (unpaired) electrons. The molecule has 2 unspecified atom stereocenters. The van der Waals surface area contributed by atoms with E-state index in [9.17, 15) is 0 Å². The van der Waals surface area contributed by atoms with Crippen molar-refractivity contribution in [3.8, 4) is 0 Å². The summed E-state index contributed by atoms with van der Waals surface area (Å²) in [5.41, 5.74) is 7.64. The molecule has 1 aliphatic rings. The van der Waals surface area contributed by atoms with Gasteiger partial charge in [-0.1, -0.05) is 13.0 Å². The minimum absolute atomic E-state index is 0.171. The number of hydrogen-bond acceptors (Lipinski definition) is 4. The molecule has 20 heavy (non-hydrogen) atoms. The summed E-state index contributed by atoms with van der Waals surface area (Å²) < 4.78 is 0. The van der Waals surface area contributed by atoms with Crippen LogP contribution in [0.3, 0.4) is 0 Å². The first-order chi connectivity index (χ1) is 9.63. The molecule has 1 aromatic heterocycles. The van der Waals surface area contributed by atoms with Crippen LogP contribution >= 0.6 is 0 Å². The van der Waals surface area contributed by atoms with Gasteiger partial charge in [-0.2, -0.15) is 0 Å². The van der Waals surface area contributed by atoms with Gasteiger partial charge in [-0.05, 0) is 31.9 Å². The molecular weight excluding hydrogens is 248 g/mol. The fraction of sp³-hybridized carbons (Fsp3) is 0.688. The maximum absolute atomic E-state index is 6.39. The van der Waals surface area contributed by atoms with Crippen molar-refractivity contribution in [2.45, 2.75) is 45.3 Å². The van der Waals surface area contributed by atoms with Crippen molar-refractivity contribution in [3.63, 3.8) is 0 Å². The summed E-state index contributed by atoms with van der Waals surface area (Å²) in [6, 6.07) is 5.26. The largest absolute Gasteiger partial charge is 0.326 e. The van der Waals surface area contributed by atoms with Crippen LogP contribution in [0.4, 0.5) is 0 Å². The zero-order valence-electron chi connectivity index (χ0n) is 13.0. The summed E-state index contributed by atoms with van der Waals surface area (Å²) >= 11 is 0. The Bertz CT molecular complexity index is 385. The molecule has 4 heteroatoms. The van der Waals surface area contributed by atoms with Crippen molar-refractivity contribution in [1.29, 1.82) is 0 Å². The minimum Gasteiger partial charge on any atom is -0.326 e. The lowest BCUT2D eigenvalue weighted by molar-refractivity contribution is 0.0678. The van der Waals surface area contributed by atoms with E-state index in [4.69, 9.17) is 5.73 Å². The van der Waals surface area contributed by atoms with Crippen molar-refractivity contribution in [3.05, 3.63) is 30.1 Å². The second kappa shape index (κ2) is 7.16. The summed E-state index contributed by atoms with van der Waals surface area (Å²) in [5, 5.41) is 0. The first-order valence-electron chi connectivity index (χ1n) is 7.77. The highest BCUT2D eigenvalue weighted by Crippen LogP contribution is 2.26. The Labute approximate surface area is 123 Å². The fourth-order valence-corrected chi connectivity index (χ4v) is 3.03. The lowest BCUT2D eigenvalue weighted by atomic mass is 9.97. The third-order valence-electron chi connectivity index (χ3n) is 4.38. The van der Waals surface area contributed by atoms with Crippen LogP contribution in [0.25, 0.3) is 0 Å². The molecule has 1 aromatic rings. The monoisotopic (exact) mass is 276 g/mol. The standard InChI is InChI=1S/C16H28N4/c1-4-15(17)16(14-6-5-7-18-12-14)20-10-8-19(9-11-20)13(2)3/h5-7,12-13,15-16H,4,8-11,17H2,1-3H3. The molecule has 4 nitrogen and oxygen atoms in total. The van der Waals surface area contributed by atoms with E-state index in [0.717, 1.165) is 32.6 Å². The molecular formula is C16H28N4. The molecule has 2 heterocycles. The summed E-state index contributed by atoms with van der Waals surface area (Å²) in [6.07, 6.45) is 4.79. The predicted octanol–water partition coefficient (Wildman–Crippen LogP) is 1.89. The van der Waals surface area contributed by atoms with Gasteiger partial charge in [0.25, 0.3) is 0 Å². The summed E-state index contributed by atoms with van der Waals surface area (Å²) in [4.78, 5) is 9.34. The van der Waals surface area contributed by atoms with Gasteiger partial charge in [-0.3, -0.25) is 14.8 Å². The van der Waals surface area contributed by atoms with Gasteiger partial charge in [-0.25, -0.2) is 0 Å². The van der Waals surface area contributed by atoms with Gasteiger partial charge < -0.3 is 5.73 Å². The van der Waals surface area contributed by atoms with Crippen LogP contribution in [0.15, 0.2) is 24.5 Å². The lowest BCUT2D eigenvalue weighted by Crippen LogP contribution is -2.52. The van der Waals surface area contributed by atoms with Gasteiger partial charge in [0, 0.05) is 50.7 Å². The van der Waals surface area contributed by atoms with E-state index in [2.05, 4.69) is 41.6 Å². The maximum Gasteiger partial charge on any atom is 0.0515 e. The zero-order chi connectivity index (χ0) is 14.5. The molecule has 2 N–H and O–H groups in total. The number of piperazine rings is 1.